The number of benzene rings is 23. The van der Waals surface area contributed by atoms with Crippen LogP contribution >= 0.6 is 11.3 Å². The van der Waals surface area contributed by atoms with Gasteiger partial charge in [0.2, 0.25) is 0 Å². The first-order valence-electron chi connectivity index (χ1n) is 50.0. The third-order valence-corrected chi connectivity index (χ3v) is 31.1. The van der Waals surface area contributed by atoms with E-state index in [1.165, 1.54) is 241 Å². The molecule has 0 aliphatic rings. The number of hydrogen-bond donors (Lipinski definition) is 0. The molecule has 31 rings (SSSR count). The topological polar surface area (TPSA) is 42.7 Å². The van der Waals surface area contributed by atoms with Crippen LogP contribution in [-0.2, 0) is 0 Å². The molecule has 0 aliphatic heterocycles. The Morgan fingerprint density at radius 2 is 0.390 bits per heavy atom. The zero-order valence-electron chi connectivity index (χ0n) is 79.3. The van der Waals surface area contributed by atoms with Crippen molar-refractivity contribution in [3.05, 3.63) is 534 Å². The second-order valence-electron chi connectivity index (χ2n) is 38.1. The molecule has 8 heteroatoms. The summed E-state index contributed by atoms with van der Waals surface area (Å²) in [6.07, 6.45) is 0. The molecule has 682 valence electrons. The molecule has 0 saturated carbocycles. The molecule has 8 aromatic heterocycles. The van der Waals surface area contributed by atoms with Crippen LogP contribution in [0.3, 0.4) is 0 Å². The minimum atomic E-state index is 0.909. The van der Waals surface area contributed by atoms with Crippen LogP contribution in [-0.4, -0.2) is 27.4 Å². The largest absolute Gasteiger partial charge is 0.456 e. The Kier molecular flexibility index (Phi) is 19.7. The van der Waals surface area contributed by atoms with E-state index in [9.17, 15) is 0 Å². The van der Waals surface area contributed by atoms with Gasteiger partial charge < -0.3 is 31.8 Å². The molecule has 0 aliphatic carbocycles. The first-order valence-corrected chi connectivity index (χ1v) is 50.8. The highest BCUT2D eigenvalue weighted by atomic mass is 32.1. The Balaban J connectivity index is 0.000000104. The third kappa shape index (κ3) is 13.9. The average molecular weight is 1880 g/mol. The van der Waals surface area contributed by atoms with E-state index in [2.05, 4.69) is 549 Å². The normalized spacial score (nSPS) is 11.8. The molecule has 0 radical (unpaired) electrons. The number of hydrogen-bond acceptors (Lipinski definition) is 2. The Morgan fingerprint density at radius 3 is 0.747 bits per heavy atom. The fourth-order valence-electron chi connectivity index (χ4n) is 23.3. The maximum Gasteiger partial charge on any atom is 0.135 e. The van der Waals surface area contributed by atoms with Crippen LogP contribution in [0.4, 0.5) is 0 Å². The van der Waals surface area contributed by atoms with Crippen LogP contribution in [0.15, 0.2) is 538 Å². The summed E-state index contributed by atoms with van der Waals surface area (Å²) >= 11 is 1.89. The van der Waals surface area contributed by atoms with Crippen LogP contribution in [0.5, 0.6) is 0 Å². The van der Waals surface area contributed by atoms with Gasteiger partial charge in [-0.3, -0.25) is 0 Å². The van der Waals surface area contributed by atoms with Crippen molar-refractivity contribution in [2.45, 2.75) is 0 Å². The summed E-state index contributed by atoms with van der Waals surface area (Å²) in [6.45, 7) is 0. The number of para-hydroxylation sites is 10. The highest BCUT2D eigenvalue weighted by Crippen LogP contribution is 2.49. The molecule has 0 spiro atoms. The summed E-state index contributed by atoms with van der Waals surface area (Å²) in [4.78, 5) is 0. The van der Waals surface area contributed by atoms with Gasteiger partial charge in [0.1, 0.15) is 11.2 Å². The minimum absolute atomic E-state index is 0.909. The lowest BCUT2D eigenvalue weighted by molar-refractivity contribution is 0.669. The van der Waals surface area contributed by atoms with Gasteiger partial charge in [-0.15, -0.1) is 11.3 Å². The first kappa shape index (κ1) is 83.8. The molecule has 0 saturated heterocycles. The van der Waals surface area contributed by atoms with Crippen molar-refractivity contribution in [2.24, 2.45) is 0 Å². The zero-order valence-corrected chi connectivity index (χ0v) is 80.1. The molecule has 146 heavy (non-hydrogen) atoms. The van der Waals surface area contributed by atoms with Crippen molar-refractivity contribution < 1.29 is 4.42 Å². The van der Waals surface area contributed by atoms with Crippen LogP contribution < -0.4 is 0 Å². The number of furan rings is 1. The van der Waals surface area contributed by atoms with E-state index in [4.69, 9.17) is 4.42 Å². The van der Waals surface area contributed by atoms with Crippen LogP contribution in [0.2, 0.25) is 0 Å². The quantitative estimate of drug-likeness (QED) is 0.120. The lowest BCUT2D eigenvalue weighted by Crippen LogP contribution is -1.96. The fraction of sp³-hybridized carbons (Fsp3) is 0. The average Bonchev–Trinajstić information content (AvgIpc) is 1.58. The second-order valence-corrected chi connectivity index (χ2v) is 39.2. The van der Waals surface area contributed by atoms with E-state index in [1.54, 1.807) is 0 Å². The number of aromatic nitrogens is 6. The van der Waals surface area contributed by atoms with Crippen molar-refractivity contribution in [1.82, 2.24) is 27.4 Å². The fourth-order valence-corrected chi connectivity index (χ4v) is 24.5. The van der Waals surface area contributed by atoms with Gasteiger partial charge in [-0.25, -0.2) is 0 Å². The molecule has 7 nitrogen and oxygen atoms in total. The standard InChI is InChI=1S/C48H30N2S.C48H32N2.C42H26N2O/c1-3-13-31(14-4-1)39-29-35(30-42-38-19-9-12-22-47(38)51-48(39)42)50-44-21-11-8-18-37(44)41-28-33(24-26-46(41)50)32-23-25-45-40(27-32)36-17-7-10-20-43(36)49(45)34-15-5-2-6-16-34;1-4-14-33(15-5-1)37-28-38(34-16-6-2-7-17-34)30-40(29-37)50-46-23-13-11-21-42(46)44-32-36(25-27-48(44)50)35-24-26-47-43(31-35)41-20-10-12-22-45(41)49(47)39-18-8-3-9-19-39;1-2-10-29(11-3-1)43-37-15-7-4-12-31(37)34-24-27(18-21-39(34)43)28-19-22-40-35(25-28)32-13-5-8-16-38(32)44(40)30-20-23-42-36(26-30)33-14-6-9-17-41(33)45-42/h1-30H;1-32H;1-26H. The Bertz CT molecular complexity index is 10600. The van der Waals surface area contributed by atoms with Gasteiger partial charge in [-0.2, -0.15) is 0 Å². The summed E-state index contributed by atoms with van der Waals surface area (Å²) in [7, 11) is 0. The Hall–Kier alpha value is -19.1. The molecule has 0 fully saturated rings. The number of rotatable bonds is 12. The first-order chi connectivity index (χ1) is 72.4. The minimum Gasteiger partial charge on any atom is -0.456 e. The number of fused-ring (bicyclic) bond motifs is 24. The van der Waals surface area contributed by atoms with Crippen molar-refractivity contribution in [2.75, 3.05) is 0 Å². The van der Waals surface area contributed by atoms with Gasteiger partial charge in [-0.1, -0.05) is 328 Å². The molecule has 0 amide bonds. The lowest BCUT2D eigenvalue weighted by Gasteiger charge is -2.14. The molecule has 8 heterocycles. The Labute approximate surface area is 844 Å². The summed E-state index contributed by atoms with van der Waals surface area (Å²) in [5.41, 5.74) is 37.9. The van der Waals surface area contributed by atoms with E-state index < -0.39 is 0 Å². The van der Waals surface area contributed by atoms with E-state index in [-0.39, 0.29) is 0 Å². The van der Waals surface area contributed by atoms with E-state index in [0.29, 0.717) is 0 Å². The van der Waals surface area contributed by atoms with Crippen molar-refractivity contribution in [3.63, 3.8) is 0 Å². The number of nitrogens with zero attached hydrogens (tertiary/aromatic N) is 6. The second kappa shape index (κ2) is 34.4. The smallest absolute Gasteiger partial charge is 0.135 e. The number of thiophene rings is 1. The Morgan fingerprint density at radius 1 is 0.130 bits per heavy atom. The van der Waals surface area contributed by atoms with E-state index in [1.807, 2.05) is 23.5 Å². The predicted molar refractivity (Wildman–Crippen MR) is 618 cm³/mol. The van der Waals surface area contributed by atoms with Gasteiger partial charge in [0.05, 0.1) is 66.2 Å². The molecule has 0 N–H and O–H groups in total. The molecule has 0 bridgehead atoms. The third-order valence-electron chi connectivity index (χ3n) is 29.9. The van der Waals surface area contributed by atoms with Gasteiger partial charge in [0.25, 0.3) is 0 Å². The molecular weight excluding hydrogens is 1790 g/mol. The summed E-state index contributed by atoms with van der Waals surface area (Å²) in [6, 6.07) is 194. The molecule has 31 aromatic rings. The van der Waals surface area contributed by atoms with Crippen molar-refractivity contribution >= 4 is 184 Å². The maximum absolute atomic E-state index is 6.14. The highest BCUT2D eigenvalue weighted by Gasteiger charge is 2.25. The van der Waals surface area contributed by atoms with Crippen molar-refractivity contribution in [3.8, 4) is 101 Å². The summed E-state index contributed by atoms with van der Waals surface area (Å²) in [5, 5.41) is 20.0. The van der Waals surface area contributed by atoms with Crippen LogP contribution in [0.25, 0.3) is 274 Å². The molecule has 0 atom stereocenters. The zero-order chi connectivity index (χ0) is 96.0. The van der Waals surface area contributed by atoms with Gasteiger partial charge in [-0.05, 0) is 267 Å². The highest BCUT2D eigenvalue weighted by molar-refractivity contribution is 7.26. The summed E-state index contributed by atoms with van der Waals surface area (Å²) < 4.78 is 23.2. The predicted octanol–water partition coefficient (Wildman–Crippen LogP) is 37.9. The maximum atomic E-state index is 6.14. The molecule has 0 unspecified atom stereocenters. The molecular formula is C138H88N6OS. The lowest BCUT2D eigenvalue weighted by atomic mass is 9.98. The van der Waals surface area contributed by atoms with Crippen molar-refractivity contribution in [1.29, 1.82) is 0 Å². The van der Waals surface area contributed by atoms with Gasteiger partial charge >= 0.3 is 0 Å². The SMILES string of the molecule is c1ccc(-c2cc(-c3ccccc3)cc(-n3c4ccccc4c4cc(-c5ccc6c(c5)c5ccccc5n6-c5ccccc5)ccc43)c2)cc1.c1ccc(-c2cc(-n3c4ccccc4c4cc(-c5ccc6c(c5)c5ccccc5n6-c5ccccc5)ccc43)cc3c2sc2ccccc23)cc1.c1ccc(-n2c3ccccc3c3cc(-c4ccc5c(c4)c4ccccc4n5-c4ccc5oc6ccccc6c5c4)ccc32)cc1. The molecule has 23 aromatic carbocycles. The summed E-state index contributed by atoms with van der Waals surface area (Å²) in [5.74, 6) is 0. The van der Waals surface area contributed by atoms with E-state index >= 15 is 0 Å². The monoisotopic (exact) mass is 1880 g/mol. The van der Waals surface area contributed by atoms with Gasteiger partial charge in [0.15, 0.2) is 0 Å². The van der Waals surface area contributed by atoms with E-state index in [0.717, 1.165) is 33.3 Å². The van der Waals surface area contributed by atoms with Gasteiger partial charge in [0, 0.05) is 135 Å². The van der Waals surface area contributed by atoms with Crippen LogP contribution in [0.1, 0.15) is 0 Å². The van der Waals surface area contributed by atoms with Crippen LogP contribution in [0, 0.1) is 0 Å².